The van der Waals surface area contributed by atoms with Crippen molar-refractivity contribution in [1.82, 2.24) is 9.78 Å². The summed E-state index contributed by atoms with van der Waals surface area (Å²) in [6, 6.07) is 7.62. The number of Topliss-reactive ketones (excluding diaryl/α,β-unsaturated/α-hetero) is 1. The van der Waals surface area contributed by atoms with Crippen LogP contribution in [0.5, 0.6) is 0 Å². The van der Waals surface area contributed by atoms with Gasteiger partial charge in [0.2, 0.25) is 0 Å². The van der Waals surface area contributed by atoms with Crippen molar-refractivity contribution in [2.75, 3.05) is 0 Å². The van der Waals surface area contributed by atoms with Gasteiger partial charge in [-0.2, -0.15) is 5.10 Å². The highest BCUT2D eigenvalue weighted by Crippen LogP contribution is 2.18. The summed E-state index contributed by atoms with van der Waals surface area (Å²) in [5.41, 5.74) is 3.70. The Labute approximate surface area is 115 Å². The number of hydrogen-bond donors (Lipinski definition) is 0. The molecule has 0 radical (unpaired) electrons. The van der Waals surface area contributed by atoms with E-state index in [0.717, 1.165) is 27.0 Å². The zero-order valence-electron chi connectivity index (χ0n) is 10.7. The molecule has 0 amide bonds. The van der Waals surface area contributed by atoms with Crippen LogP contribution in [-0.2, 0) is 13.5 Å². The molecule has 1 aromatic carbocycles. The summed E-state index contributed by atoms with van der Waals surface area (Å²) in [6.07, 6.45) is 0.387. The van der Waals surface area contributed by atoms with Crippen LogP contribution in [0.2, 0.25) is 0 Å². The van der Waals surface area contributed by atoms with E-state index in [0.29, 0.717) is 6.42 Å². The van der Waals surface area contributed by atoms with Crippen molar-refractivity contribution >= 4 is 21.7 Å². The number of ketones is 1. The fourth-order valence-electron chi connectivity index (χ4n) is 1.91. The molecule has 0 atom stereocenters. The summed E-state index contributed by atoms with van der Waals surface area (Å²) in [6.45, 7) is 3.91. The van der Waals surface area contributed by atoms with Crippen LogP contribution in [0.1, 0.15) is 27.3 Å². The molecule has 0 aliphatic heterocycles. The summed E-state index contributed by atoms with van der Waals surface area (Å²) in [5, 5.41) is 4.25. The Morgan fingerprint density at radius 2 is 2.06 bits per heavy atom. The average Bonchev–Trinajstić information content (AvgIpc) is 2.61. The first-order valence-electron chi connectivity index (χ1n) is 5.76. The molecule has 0 aliphatic rings. The zero-order chi connectivity index (χ0) is 13.3. The number of nitrogens with zero attached hydrogens (tertiary/aromatic N) is 2. The van der Waals surface area contributed by atoms with E-state index in [1.807, 2.05) is 45.2 Å². The van der Waals surface area contributed by atoms with Gasteiger partial charge in [-0.25, -0.2) is 0 Å². The minimum absolute atomic E-state index is 0.119. The summed E-state index contributed by atoms with van der Waals surface area (Å²) in [5.74, 6) is 0.119. The summed E-state index contributed by atoms with van der Waals surface area (Å²) in [4.78, 5) is 12.2. The fraction of sp³-hybridized carbons (Fsp3) is 0.286. The Hall–Kier alpha value is -1.42. The lowest BCUT2D eigenvalue weighted by atomic mass is 10.0. The second kappa shape index (κ2) is 5.06. The van der Waals surface area contributed by atoms with Gasteiger partial charge in [0.05, 0.1) is 12.1 Å². The first kappa shape index (κ1) is 13.0. The van der Waals surface area contributed by atoms with Gasteiger partial charge in [0.1, 0.15) is 0 Å². The van der Waals surface area contributed by atoms with Gasteiger partial charge >= 0.3 is 0 Å². The third-order valence-electron chi connectivity index (χ3n) is 2.92. The SMILES string of the molecule is Cc1cc(CC(=O)c2ccc(Br)c(C)c2)n(C)n1. The molecule has 0 unspecified atom stereocenters. The molecule has 0 spiro atoms. The maximum atomic E-state index is 12.2. The number of hydrogen-bond acceptors (Lipinski definition) is 2. The smallest absolute Gasteiger partial charge is 0.168 e. The molecule has 3 nitrogen and oxygen atoms in total. The third-order valence-corrected chi connectivity index (χ3v) is 3.81. The van der Waals surface area contributed by atoms with E-state index in [2.05, 4.69) is 21.0 Å². The molecule has 0 saturated heterocycles. The van der Waals surface area contributed by atoms with Crippen LogP contribution in [0.15, 0.2) is 28.7 Å². The summed E-state index contributed by atoms with van der Waals surface area (Å²) in [7, 11) is 1.86. The highest BCUT2D eigenvalue weighted by Gasteiger charge is 2.11. The van der Waals surface area contributed by atoms with Gasteiger partial charge in [0.15, 0.2) is 5.78 Å². The first-order chi connectivity index (χ1) is 8.47. The fourth-order valence-corrected chi connectivity index (χ4v) is 2.16. The van der Waals surface area contributed by atoms with E-state index in [9.17, 15) is 4.79 Å². The number of carbonyl (C=O) groups is 1. The standard InChI is InChI=1S/C14H15BrN2O/c1-9-6-11(4-5-13(9)15)14(18)8-12-7-10(2)16-17(12)3/h4-7H,8H2,1-3H3. The summed E-state index contributed by atoms with van der Waals surface area (Å²) < 4.78 is 2.79. The van der Waals surface area contributed by atoms with E-state index in [1.54, 1.807) is 4.68 Å². The number of aromatic nitrogens is 2. The minimum atomic E-state index is 0.119. The molecule has 2 rings (SSSR count). The van der Waals surface area contributed by atoms with E-state index >= 15 is 0 Å². The van der Waals surface area contributed by atoms with Crippen molar-refractivity contribution < 1.29 is 4.79 Å². The lowest BCUT2D eigenvalue weighted by Crippen LogP contribution is -2.08. The van der Waals surface area contributed by atoms with E-state index in [-0.39, 0.29) is 5.78 Å². The second-order valence-corrected chi connectivity index (χ2v) is 5.32. The maximum Gasteiger partial charge on any atom is 0.168 e. The Balaban J connectivity index is 2.22. The number of rotatable bonds is 3. The van der Waals surface area contributed by atoms with Gasteiger partial charge in [-0.3, -0.25) is 9.48 Å². The highest BCUT2D eigenvalue weighted by atomic mass is 79.9. The molecular weight excluding hydrogens is 292 g/mol. The average molecular weight is 307 g/mol. The molecule has 4 heteroatoms. The molecule has 0 fully saturated rings. The van der Waals surface area contributed by atoms with Crippen molar-refractivity contribution in [3.63, 3.8) is 0 Å². The molecule has 0 aliphatic carbocycles. The van der Waals surface area contributed by atoms with Gasteiger partial charge in [0.25, 0.3) is 0 Å². The van der Waals surface area contributed by atoms with Crippen LogP contribution in [0, 0.1) is 13.8 Å². The van der Waals surface area contributed by atoms with Gasteiger partial charge in [0, 0.05) is 22.8 Å². The van der Waals surface area contributed by atoms with Gasteiger partial charge in [-0.1, -0.05) is 22.0 Å². The third kappa shape index (κ3) is 2.70. The molecule has 1 aromatic heterocycles. The molecular formula is C14H15BrN2O. The first-order valence-corrected chi connectivity index (χ1v) is 6.55. The number of carbonyl (C=O) groups excluding carboxylic acids is 1. The maximum absolute atomic E-state index is 12.2. The molecule has 2 aromatic rings. The quantitative estimate of drug-likeness (QED) is 0.816. The van der Waals surface area contributed by atoms with E-state index < -0.39 is 0 Å². The lowest BCUT2D eigenvalue weighted by Gasteiger charge is -2.04. The zero-order valence-corrected chi connectivity index (χ0v) is 12.3. The van der Waals surface area contributed by atoms with Crippen LogP contribution in [0.3, 0.4) is 0 Å². The van der Waals surface area contributed by atoms with Crippen molar-refractivity contribution in [2.24, 2.45) is 7.05 Å². The Bertz CT molecular complexity index is 602. The van der Waals surface area contributed by atoms with Crippen LogP contribution in [-0.4, -0.2) is 15.6 Å². The van der Waals surface area contributed by atoms with E-state index in [4.69, 9.17) is 0 Å². The Morgan fingerprint density at radius 1 is 1.33 bits per heavy atom. The van der Waals surface area contributed by atoms with Crippen molar-refractivity contribution in [1.29, 1.82) is 0 Å². The monoisotopic (exact) mass is 306 g/mol. The molecule has 18 heavy (non-hydrogen) atoms. The highest BCUT2D eigenvalue weighted by molar-refractivity contribution is 9.10. The molecule has 1 heterocycles. The van der Waals surface area contributed by atoms with Gasteiger partial charge in [-0.15, -0.1) is 0 Å². The largest absolute Gasteiger partial charge is 0.294 e. The summed E-state index contributed by atoms with van der Waals surface area (Å²) >= 11 is 3.43. The predicted molar refractivity (Wildman–Crippen MR) is 74.9 cm³/mol. The number of benzene rings is 1. The Kier molecular flexibility index (Phi) is 3.66. The van der Waals surface area contributed by atoms with Crippen LogP contribution in [0.4, 0.5) is 0 Å². The minimum Gasteiger partial charge on any atom is -0.294 e. The molecule has 0 saturated carbocycles. The predicted octanol–water partition coefficient (Wildman–Crippen LogP) is 3.22. The van der Waals surface area contributed by atoms with Crippen molar-refractivity contribution in [3.05, 3.63) is 51.3 Å². The van der Waals surface area contributed by atoms with Crippen molar-refractivity contribution in [3.8, 4) is 0 Å². The van der Waals surface area contributed by atoms with Crippen LogP contribution >= 0.6 is 15.9 Å². The molecule has 94 valence electrons. The van der Waals surface area contributed by atoms with Crippen LogP contribution < -0.4 is 0 Å². The number of aryl methyl sites for hydroxylation is 3. The molecule has 0 bridgehead atoms. The number of halogens is 1. The topological polar surface area (TPSA) is 34.9 Å². The second-order valence-electron chi connectivity index (χ2n) is 4.46. The molecule has 0 N–H and O–H groups in total. The van der Waals surface area contributed by atoms with E-state index in [1.165, 1.54) is 0 Å². The van der Waals surface area contributed by atoms with Crippen LogP contribution in [0.25, 0.3) is 0 Å². The normalized spacial score (nSPS) is 10.7. The Morgan fingerprint density at radius 3 is 2.61 bits per heavy atom. The lowest BCUT2D eigenvalue weighted by molar-refractivity contribution is 0.0990. The van der Waals surface area contributed by atoms with Gasteiger partial charge < -0.3 is 0 Å². The van der Waals surface area contributed by atoms with Gasteiger partial charge in [-0.05, 0) is 37.6 Å². The van der Waals surface area contributed by atoms with Crippen molar-refractivity contribution in [2.45, 2.75) is 20.3 Å².